The normalized spacial score (nSPS) is 21.2. The van der Waals surface area contributed by atoms with Crippen molar-refractivity contribution in [2.75, 3.05) is 24.6 Å². The van der Waals surface area contributed by atoms with Crippen LogP contribution in [0, 0.1) is 16.0 Å². The second kappa shape index (κ2) is 8.03. The fourth-order valence-corrected chi connectivity index (χ4v) is 3.91. The SMILES string of the molecule is CC(C)NC(=O)c1ccc(N2CCC(C3CCCO3)CC2)c([N+](=O)[O-])c1. The van der Waals surface area contributed by atoms with E-state index >= 15 is 0 Å². The molecule has 2 saturated heterocycles. The molecule has 2 aliphatic rings. The topological polar surface area (TPSA) is 84.7 Å². The third-order valence-electron chi connectivity index (χ3n) is 5.23. The molecule has 0 aromatic heterocycles. The lowest BCUT2D eigenvalue weighted by molar-refractivity contribution is -0.384. The van der Waals surface area contributed by atoms with E-state index in [1.165, 1.54) is 6.07 Å². The number of nitrogens with one attached hydrogen (secondary N) is 1. The number of hydrogen-bond donors (Lipinski definition) is 1. The number of carbonyl (C=O) groups excluding carboxylic acids is 1. The lowest BCUT2D eigenvalue weighted by atomic mass is 9.89. The molecule has 26 heavy (non-hydrogen) atoms. The minimum absolute atomic E-state index is 0.00280. The third-order valence-corrected chi connectivity index (χ3v) is 5.23. The number of amides is 1. The summed E-state index contributed by atoms with van der Waals surface area (Å²) < 4.78 is 5.80. The zero-order chi connectivity index (χ0) is 18.7. The van der Waals surface area contributed by atoms with Crippen LogP contribution in [0.2, 0.25) is 0 Å². The summed E-state index contributed by atoms with van der Waals surface area (Å²) in [5.41, 5.74) is 0.919. The standard InChI is InChI=1S/C19H27N3O4/c1-13(2)20-19(23)15-5-6-16(17(12-15)22(24)25)21-9-7-14(8-10-21)18-4-3-11-26-18/h5-6,12-14,18H,3-4,7-11H2,1-2H3,(H,20,23). The molecule has 2 heterocycles. The van der Waals surface area contributed by atoms with Crippen LogP contribution in [0.25, 0.3) is 0 Å². The second-order valence-electron chi connectivity index (χ2n) is 7.46. The van der Waals surface area contributed by atoms with Gasteiger partial charge in [-0.25, -0.2) is 0 Å². The summed E-state index contributed by atoms with van der Waals surface area (Å²) in [5.74, 6) is 0.260. The fourth-order valence-electron chi connectivity index (χ4n) is 3.91. The highest BCUT2D eigenvalue weighted by molar-refractivity contribution is 5.96. The minimum Gasteiger partial charge on any atom is -0.378 e. The summed E-state index contributed by atoms with van der Waals surface area (Å²) in [6.45, 7) is 6.14. The van der Waals surface area contributed by atoms with Crippen molar-refractivity contribution in [2.45, 2.75) is 51.7 Å². The van der Waals surface area contributed by atoms with E-state index in [0.717, 1.165) is 45.4 Å². The molecule has 142 valence electrons. The summed E-state index contributed by atoms with van der Waals surface area (Å²) in [6.07, 6.45) is 4.59. The maximum Gasteiger partial charge on any atom is 0.293 e. The summed E-state index contributed by atoms with van der Waals surface area (Å²) in [7, 11) is 0. The Hall–Kier alpha value is -2.15. The van der Waals surface area contributed by atoms with Gasteiger partial charge in [0.1, 0.15) is 5.69 Å². The zero-order valence-electron chi connectivity index (χ0n) is 15.4. The molecule has 7 heteroatoms. The molecule has 0 radical (unpaired) electrons. The number of piperidine rings is 1. The van der Waals surface area contributed by atoms with Crippen LogP contribution in [0.5, 0.6) is 0 Å². The lowest BCUT2D eigenvalue weighted by Gasteiger charge is -2.35. The number of nitro benzene ring substituents is 1. The quantitative estimate of drug-likeness (QED) is 0.643. The maximum atomic E-state index is 12.1. The lowest BCUT2D eigenvalue weighted by Crippen LogP contribution is -2.38. The Balaban J connectivity index is 1.73. The zero-order valence-corrected chi connectivity index (χ0v) is 15.4. The van der Waals surface area contributed by atoms with Gasteiger partial charge < -0.3 is 15.0 Å². The van der Waals surface area contributed by atoms with Crippen LogP contribution < -0.4 is 10.2 Å². The molecule has 1 atom stereocenters. The van der Waals surface area contributed by atoms with Gasteiger partial charge >= 0.3 is 0 Å². The molecule has 0 bridgehead atoms. The van der Waals surface area contributed by atoms with Gasteiger partial charge in [0, 0.05) is 37.4 Å². The first kappa shape index (κ1) is 18.6. The minimum atomic E-state index is -0.395. The van der Waals surface area contributed by atoms with Gasteiger partial charge in [-0.05, 0) is 57.6 Å². The van der Waals surface area contributed by atoms with Gasteiger partial charge in [-0.1, -0.05) is 0 Å². The average molecular weight is 361 g/mol. The van der Waals surface area contributed by atoms with Crippen molar-refractivity contribution < 1.29 is 14.5 Å². The molecule has 2 fully saturated rings. The Morgan fingerprint density at radius 2 is 2.04 bits per heavy atom. The van der Waals surface area contributed by atoms with Crippen molar-refractivity contribution in [1.82, 2.24) is 5.32 Å². The largest absolute Gasteiger partial charge is 0.378 e. The van der Waals surface area contributed by atoms with Gasteiger partial charge in [0.05, 0.1) is 11.0 Å². The van der Waals surface area contributed by atoms with Crippen LogP contribution in [0.3, 0.4) is 0 Å². The monoisotopic (exact) mass is 361 g/mol. The van der Waals surface area contributed by atoms with Crippen LogP contribution in [0.15, 0.2) is 18.2 Å². The van der Waals surface area contributed by atoms with Gasteiger partial charge in [-0.3, -0.25) is 14.9 Å². The summed E-state index contributed by atoms with van der Waals surface area (Å²) in [4.78, 5) is 25.4. The van der Waals surface area contributed by atoms with Crippen molar-refractivity contribution in [2.24, 2.45) is 5.92 Å². The van der Waals surface area contributed by atoms with Crippen LogP contribution in [-0.2, 0) is 4.74 Å². The number of carbonyl (C=O) groups is 1. The van der Waals surface area contributed by atoms with Crippen molar-refractivity contribution >= 4 is 17.3 Å². The van der Waals surface area contributed by atoms with Crippen LogP contribution in [0.4, 0.5) is 11.4 Å². The Morgan fingerprint density at radius 3 is 2.62 bits per heavy atom. The smallest absolute Gasteiger partial charge is 0.293 e. The van der Waals surface area contributed by atoms with Crippen LogP contribution >= 0.6 is 0 Å². The van der Waals surface area contributed by atoms with E-state index in [4.69, 9.17) is 4.74 Å². The average Bonchev–Trinajstić information content (AvgIpc) is 3.15. The van der Waals surface area contributed by atoms with Gasteiger partial charge in [0.25, 0.3) is 11.6 Å². The first-order valence-corrected chi connectivity index (χ1v) is 9.41. The number of nitro groups is 1. The summed E-state index contributed by atoms with van der Waals surface area (Å²) >= 11 is 0. The molecular weight excluding hydrogens is 334 g/mol. The first-order chi connectivity index (χ1) is 12.5. The van der Waals surface area contributed by atoms with Gasteiger partial charge in [-0.15, -0.1) is 0 Å². The number of benzene rings is 1. The molecule has 1 unspecified atom stereocenters. The van der Waals surface area contributed by atoms with Gasteiger partial charge in [-0.2, -0.15) is 0 Å². The number of rotatable bonds is 5. The Morgan fingerprint density at radius 1 is 1.31 bits per heavy atom. The number of hydrogen-bond acceptors (Lipinski definition) is 5. The predicted molar refractivity (Wildman–Crippen MR) is 99.6 cm³/mol. The molecular formula is C19H27N3O4. The fraction of sp³-hybridized carbons (Fsp3) is 0.632. The van der Waals surface area contributed by atoms with E-state index in [1.807, 2.05) is 13.8 Å². The third kappa shape index (κ3) is 4.15. The molecule has 0 aliphatic carbocycles. The Bertz CT molecular complexity index is 663. The maximum absolute atomic E-state index is 12.1. The van der Waals surface area contributed by atoms with Crippen molar-refractivity contribution in [3.8, 4) is 0 Å². The molecule has 7 nitrogen and oxygen atoms in total. The molecule has 2 aliphatic heterocycles. The highest BCUT2D eigenvalue weighted by Crippen LogP contribution is 2.35. The van der Waals surface area contributed by atoms with E-state index in [0.29, 0.717) is 23.3 Å². The van der Waals surface area contributed by atoms with E-state index in [2.05, 4.69) is 10.2 Å². The van der Waals surface area contributed by atoms with Crippen LogP contribution in [-0.4, -0.2) is 42.7 Å². The molecule has 0 spiro atoms. The Kier molecular flexibility index (Phi) is 5.76. The molecule has 3 rings (SSSR count). The van der Waals surface area contributed by atoms with Gasteiger partial charge in [0.2, 0.25) is 0 Å². The van der Waals surface area contributed by atoms with Crippen LogP contribution in [0.1, 0.15) is 49.9 Å². The number of nitrogens with zero attached hydrogens (tertiary/aromatic N) is 2. The van der Waals surface area contributed by atoms with E-state index in [9.17, 15) is 14.9 Å². The number of anilines is 1. The van der Waals surface area contributed by atoms with E-state index < -0.39 is 4.92 Å². The van der Waals surface area contributed by atoms with E-state index in [-0.39, 0.29) is 17.6 Å². The summed E-state index contributed by atoms with van der Waals surface area (Å²) in [5, 5.41) is 14.3. The van der Waals surface area contributed by atoms with E-state index in [1.54, 1.807) is 12.1 Å². The molecule has 1 aromatic rings. The van der Waals surface area contributed by atoms with Crippen molar-refractivity contribution in [3.05, 3.63) is 33.9 Å². The molecule has 1 N–H and O–H groups in total. The number of ether oxygens (including phenoxy) is 1. The predicted octanol–water partition coefficient (Wildman–Crippen LogP) is 3.13. The first-order valence-electron chi connectivity index (χ1n) is 9.41. The van der Waals surface area contributed by atoms with Crippen molar-refractivity contribution in [3.63, 3.8) is 0 Å². The van der Waals surface area contributed by atoms with Gasteiger partial charge in [0.15, 0.2) is 0 Å². The summed E-state index contributed by atoms with van der Waals surface area (Å²) in [6, 6.07) is 4.75. The highest BCUT2D eigenvalue weighted by Gasteiger charge is 2.31. The molecule has 1 aromatic carbocycles. The highest BCUT2D eigenvalue weighted by atomic mass is 16.6. The molecule has 0 saturated carbocycles. The Labute approximate surface area is 153 Å². The van der Waals surface area contributed by atoms with Crippen molar-refractivity contribution in [1.29, 1.82) is 0 Å². The second-order valence-corrected chi connectivity index (χ2v) is 7.46. The molecule has 1 amide bonds.